The van der Waals surface area contributed by atoms with Crippen molar-refractivity contribution in [3.05, 3.63) is 0 Å². The summed E-state index contributed by atoms with van der Waals surface area (Å²) in [5.41, 5.74) is 0.344. The lowest BCUT2D eigenvalue weighted by atomic mass is 10.1. The molecule has 0 bridgehead atoms. The van der Waals surface area contributed by atoms with Crippen LogP contribution in [0.2, 0.25) is 0 Å². The predicted molar refractivity (Wildman–Crippen MR) is 52.2 cm³/mol. The van der Waals surface area contributed by atoms with Gasteiger partial charge in [-0.1, -0.05) is 12.8 Å². The second kappa shape index (κ2) is 3.69. The Kier molecular flexibility index (Phi) is 2.82. The molecule has 0 aromatic carbocycles. The van der Waals surface area contributed by atoms with E-state index in [0.29, 0.717) is 5.41 Å². The first-order valence-electron chi connectivity index (χ1n) is 4.56. The number of carbonyl (C=O) groups is 1. The number of rotatable bonds is 3. The van der Waals surface area contributed by atoms with E-state index in [1.54, 1.807) is 6.92 Å². The monoisotopic (exact) mass is 180 g/mol. The second-order valence-electron chi connectivity index (χ2n) is 4.03. The molecule has 1 aliphatic carbocycles. The van der Waals surface area contributed by atoms with Crippen LogP contribution in [0.15, 0.2) is 0 Å². The standard InChI is InChI=1S/C10H16N2O/c1-4-8(2)12-9(13)11-7-10(3)5-6-10/h1,8H,5-7H2,2-3H3,(H2,11,12,13). The van der Waals surface area contributed by atoms with Gasteiger partial charge in [-0.25, -0.2) is 4.79 Å². The van der Waals surface area contributed by atoms with Crippen LogP contribution < -0.4 is 10.6 Å². The fraction of sp³-hybridized carbons (Fsp3) is 0.700. The minimum atomic E-state index is -0.202. The van der Waals surface area contributed by atoms with Gasteiger partial charge < -0.3 is 10.6 Å². The van der Waals surface area contributed by atoms with Crippen LogP contribution in [0.3, 0.4) is 0 Å². The van der Waals surface area contributed by atoms with E-state index in [2.05, 4.69) is 23.5 Å². The molecule has 1 rings (SSSR count). The van der Waals surface area contributed by atoms with Crippen LogP contribution in [0, 0.1) is 17.8 Å². The summed E-state index contributed by atoms with van der Waals surface area (Å²) in [5, 5.41) is 5.45. The lowest BCUT2D eigenvalue weighted by molar-refractivity contribution is 0.237. The Bertz CT molecular complexity index is 238. The van der Waals surface area contributed by atoms with E-state index in [4.69, 9.17) is 6.42 Å². The summed E-state index contributed by atoms with van der Waals surface area (Å²) >= 11 is 0. The third kappa shape index (κ3) is 3.37. The smallest absolute Gasteiger partial charge is 0.315 e. The number of hydrogen-bond donors (Lipinski definition) is 2. The first kappa shape index (κ1) is 9.91. The van der Waals surface area contributed by atoms with Gasteiger partial charge in [0.05, 0.1) is 6.04 Å². The van der Waals surface area contributed by atoms with Gasteiger partial charge in [0.15, 0.2) is 0 Å². The quantitative estimate of drug-likeness (QED) is 0.627. The fourth-order valence-corrected chi connectivity index (χ4v) is 0.973. The van der Waals surface area contributed by atoms with Crippen LogP contribution in [0.1, 0.15) is 26.7 Å². The average Bonchev–Trinajstić information content (AvgIpc) is 2.81. The van der Waals surface area contributed by atoms with Gasteiger partial charge >= 0.3 is 6.03 Å². The van der Waals surface area contributed by atoms with Crippen molar-refractivity contribution < 1.29 is 4.79 Å². The van der Waals surface area contributed by atoms with Gasteiger partial charge in [0.2, 0.25) is 0 Å². The number of carbonyl (C=O) groups excluding carboxylic acids is 1. The number of terminal acetylenes is 1. The summed E-state index contributed by atoms with van der Waals surface area (Å²) in [6.45, 7) is 4.69. The molecule has 0 aliphatic heterocycles. The largest absolute Gasteiger partial charge is 0.338 e. The molecule has 1 atom stereocenters. The molecule has 72 valence electrons. The van der Waals surface area contributed by atoms with Gasteiger partial charge in [0.1, 0.15) is 0 Å². The van der Waals surface area contributed by atoms with Crippen LogP contribution in [0.25, 0.3) is 0 Å². The maximum Gasteiger partial charge on any atom is 0.315 e. The van der Waals surface area contributed by atoms with E-state index in [1.165, 1.54) is 12.8 Å². The topological polar surface area (TPSA) is 41.1 Å². The predicted octanol–water partition coefficient (Wildman–Crippen LogP) is 1.11. The van der Waals surface area contributed by atoms with E-state index in [-0.39, 0.29) is 12.1 Å². The van der Waals surface area contributed by atoms with E-state index in [9.17, 15) is 4.79 Å². The third-order valence-corrected chi connectivity index (χ3v) is 2.38. The Labute approximate surface area is 79.3 Å². The minimum Gasteiger partial charge on any atom is -0.338 e. The van der Waals surface area contributed by atoms with E-state index in [1.807, 2.05) is 0 Å². The average molecular weight is 180 g/mol. The SMILES string of the molecule is C#CC(C)NC(=O)NCC1(C)CC1. The van der Waals surface area contributed by atoms with Crippen LogP contribution in [-0.4, -0.2) is 18.6 Å². The molecule has 1 saturated carbocycles. The summed E-state index contributed by atoms with van der Waals surface area (Å²) in [4.78, 5) is 11.2. The molecule has 0 spiro atoms. The minimum absolute atomic E-state index is 0.168. The van der Waals surface area contributed by atoms with Gasteiger partial charge in [0.25, 0.3) is 0 Å². The molecule has 0 aromatic rings. The van der Waals surface area contributed by atoms with Crippen molar-refractivity contribution in [3.8, 4) is 12.3 Å². The highest BCUT2D eigenvalue weighted by molar-refractivity contribution is 5.74. The molecule has 3 heteroatoms. The Hall–Kier alpha value is -1.17. The highest BCUT2D eigenvalue weighted by Crippen LogP contribution is 2.43. The zero-order valence-corrected chi connectivity index (χ0v) is 8.18. The molecule has 1 fully saturated rings. The molecule has 0 radical (unpaired) electrons. The zero-order chi connectivity index (χ0) is 9.90. The number of hydrogen-bond acceptors (Lipinski definition) is 1. The molecule has 2 N–H and O–H groups in total. The normalized spacial score (nSPS) is 19.8. The summed E-state index contributed by atoms with van der Waals surface area (Å²) in [6, 6.07) is -0.370. The fourth-order valence-electron chi connectivity index (χ4n) is 0.973. The van der Waals surface area contributed by atoms with Gasteiger partial charge in [-0.2, -0.15) is 0 Å². The Morgan fingerprint density at radius 1 is 1.69 bits per heavy atom. The Morgan fingerprint density at radius 2 is 2.31 bits per heavy atom. The van der Waals surface area contributed by atoms with Crippen molar-refractivity contribution in [2.45, 2.75) is 32.7 Å². The lowest BCUT2D eigenvalue weighted by Gasteiger charge is -2.12. The first-order valence-corrected chi connectivity index (χ1v) is 4.56. The lowest BCUT2D eigenvalue weighted by Crippen LogP contribution is -2.42. The summed E-state index contributed by atoms with van der Waals surface area (Å²) in [5.74, 6) is 2.44. The van der Waals surface area contributed by atoms with E-state index in [0.717, 1.165) is 6.54 Å². The van der Waals surface area contributed by atoms with Crippen LogP contribution in [-0.2, 0) is 0 Å². The number of urea groups is 1. The number of amides is 2. The zero-order valence-electron chi connectivity index (χ0n) is 8.18. The molecular formula is C10H16N2O. The van der Waals surface area contributed by atoms with Gasteiger partial charge in [0, 0.05) is 6.54 Å². The molecule has 0 aromatic heterocycles. The molecule has 3 nitrogen and oxygen atoms in total. The van der Waals surface area contributed by atoms with Crippen molar-refractivity contribution in [1.82, 2.24) is 10.6 Å². The molecule has 1 aliphatic rings. The summed E-state index contributed by atoms with van der Waals surface area (Å²) < 4.78 is 0. The highest BCUT2D eigenvalue weighted by Gasteiger charge is 2.37. The Balaban J connectivity index is 2.15. The molecule has 13 heavy (non-hydrogen) atoms. The van der Waals surface area contributed by atoms with Crippen molar-refractivity contribution in [3.63, 3.8) is 0 Å². The number of nitrogens with one attached hydrogen (secondary N) is 2. The van der Waals surface area contributed by atoms with E-state index < -0.39 is 0 Å². The molecular weight excluding hydrogens is 164 g/mol. The highest BCUT2D eigenvalue weighted by atomic mass is 16.2. The van der Waals surface area contributed by atoms with Crippen molar-refractivity contribution >= 4 is 6.03 Å². The van der Waals surface area contributed by atoms with Crippen LogP contribution in [0.4, 0.5) is 4.79 Å². The van der Waals surface area contributed by atoms with Gasteiger partial charge in [-0.3, -0.25) is 0 Å². The molecule has 1 unspecified atom stereocenters. The summed E-state index contributed by atoms with van der Waals surface area (Å²) in [7, 11) is 0. The van der Waals surface area contributed by atoms with Crippen LogP contribution in [0.5, 0.6) is 0 Å². The Morgan fingerprint density at radius 3 is 2.77 bits per heavy atom. The third-order valence-electron chi connectivity index (χ3n) is 2.38. The maximum absolute atomic E-state index is 11.2. The molecule has 0 saturated heterocycles. The molecule has 0 heterocycles. The van der Waals surface area contributed by atoms with Crippen LogP contribution >= 0.6 is 0 Å². The van der Waals surface area contributed by atoms with Gasteiger partial charge in [-0.05, 0) is 25.2 Å². The van der Waals surface area contributed by atoms with Crippen molar-refractivity contribution in [2.24, 2.45) is 5.41 Å². The van der Waals surface area contributed by atoms with E-state index >= 15 is 0 Å². The van der Waals surface area contributed by atoms with Crippen molar-refractivity contribution in [1.29, 1.82) is 0 Å². The molecule has 2 amide bonds. The second-order valence-corrected chi connectivity index (χ2v) is 4.03. The van der Waals surface area contributed by atoms with Crippen molar-refractivity contribution in [2.75, 3.05) is 6.54 Å². The maximum atomic E-state index is 11.2. The van der Waals surface area contributed by atoms with Gasteiger partial charge in [-0.15, -0.1) is 6.42 Å². The summed E-state index contributed by atoms with van der Waals surface area (Å²) in [6.07, 6.45) is 7.53. The first-order chi connectivity index (χ1) is 6.06.